The van der Waals surface area contributed by atoms with Gasteiger partial charge in [0.2, 0.25) is 5.91 Å². The molecule has 0 bridgehead atoms. The molecule has 2 heterocycles. The zero-order valence-corrected chi connectivity index (χ0v) is 18.1. The van der Waals surface area contributed by atoms with Crippen LogP contribution in [-0.2, 0) is 11.3 Å². The summed E-state index contributed by atoms with van der Waals surface area (Å²) in [6.45, 7) is 6.48. The highest BCUT2D eigenvalue weighted by atomic mass is 16.5. The van der Waals surface area contributed by atoms with E-state index in [-0.39, 0.29) is 5.91 Å². The number of rotatable bonds is 7. The third kappa shape index (κ3) is 5.24. The Morgan fingerprint density at radius 2 is 1.71 bits per heavy atom. The Kier molecular flexibility index (Phi) is 6.52. The van der Waals surface area contributed by atoms with Crippen molar-refractivity contribution in [1.29, 1.82) is 0 Å². The highest BCUT2D eigenvalue weighted by molar-refractivity contribution is 5.78. The Bertz CT molecular complexity index is 993. The van der Waals surface area contributed by atoms with Crippen molar-refractivity contribution in [3.05, 3.63) is 72.1 Å². The summed E-state index contributed by atoms with van der Waals surface area (Å²) in [6.07, 6.45) is 0. The molecule has 1 saturated heterocycles. The Morgan fingerprint density at radius 1 is 1.00 bits per heavy atom. The molecule has 0 radical (unpaired) electrons. The van der Waals surface area contributed by atoms with E-state index in [1.807, 2.05) is 48.0 Å². The summed E-state index contributed by atoms with van der Waals surface area (Å²) in [4.78, 5) is 17.0. The molecule has 1 fully saturated rings. The van der Waals surface area contributed by atoms with Crippen molar-refractivity contribution in [3.63, 3.8) is 0 Å². The predicted molar refractivity (Wildman–Crippen MR) is 122 cm³/mol. The van der Waals surface area contributed by atoms with Crippen molar-refractivity contribution in [2.45, 2.75) is 13.5 Å². The number of ether oxygens (including phenoxy) is 1. The van der Waals surface area contributed by atoms with Gasteiger partial charge in [-0.15, -0.1) is 0 Å². The Morgan fingerprint density at radius 3 is 2.39 bits per heavy atom. The van der Waals surface area contributed by atoms with Gasteiger partial charge in [-0.25, -0.2) is 4.68 Å². The molecule has 1 N–H and O–H groups in total. The molecule has 31 heavy (non-hydrogen) atoms. The fourth-order valence-electron chi connectivity index (χ4n) is 3.86. The van der Waals surface area contributed by atoms with Crippen LogP contribution in [0.4, 0.5) is 5.69 Å². The van der Waals surface area contributed by atoms with Crippen molar-refractivity contribution in [1.82, 2.24) is 20.0 Å². The third-order valence-electron chi connectivity index (χ3n) is 5.58. The summed E-state index contributed by atoms with van der Waals surface area (Å²) in [5.41, 5.74) is 4.07. The van der Waals surface area contributed by atoms with Crippen molar-refractivity contribution in [2.24, 2.45) is 0 Å². The number of amides is 1. The minimum Gasteiger partial charge on any atom is -0.497 e. The van der Waals surface area contributed by atoms with Crippen LogP contribution in [0.5, 0.6) is 5.75 Å². The smallest absolute Gasteiger partial charge is 0.234 e. The average Bonchev–Trinajstić information content (AvgIpc) is 3.19. The summed E-state index contributed by atoms with van der Waals surface area (Å²) in [6, 6.07) is 20.2. The van der Waals surface area contributed by atoms with E-state index < -0.39 is 0 Å². The first-order valence-corrected chi connectivity index (χ1v) is 10.6. The highest BCUT2D eigenvalue weighted by Gasteiger charge is 2.19. The molecule has 4 rings (SSSR count). The van der Waals surface area contributed by atoms with Gasteiger partial charge in [0.05, 0.1) is 31.6 Å². The van der Waals surface area contributed by atoms with Crippen molar-refractivity contribution in [2.75, 3.05) is 44.7 Å². The number of methoxy groups -OCH3 is 1. The summed E-state index contributed by atoms with van der Waals surface area (Å²) < 4.78 is 7.09. The minimum absolute atomic E-state index is 0.0322. The van der Waals surface area contributed by atoms with Crippen molar-refractivity contribution < 1.29 is 9.53 Å². The molecule has 2 aromatic carbocycles. The summed E-state index contributed by atoms with van der Waals surface area (Å²) >= 11 is 0. The van der Waals surface area contributed by atoms with Crippen LogP contribution >= 0.6 is 0 Å². The molecular formula is C24H29N5O2. The van der Waals surface area contributed by atoms with Gasteiger partial charge in [-0.1, -0.05) is 18.2 Å². The molecule has 0 saturated carbocycles. The van der Waals surface area contributed by atoms with Crippen LogP contribution in [0.25, 0.3) is 5.69 Å². The molecule has 1 aliphatic rings. The SMILES string of the molecule is COc1ccc(-n2nc(CNC(=O)CN3CCN(c4ccccc4)CC3)cc2C)cc1. The maximum absolute atomic E-state index is 12.5. The van der Waals surface area contributed by atoms with Gasteiger partial charge < -0.3 is 15.0 Å². The molecule has 7 nitrogen and oxygen atoms in total. The Balaban J connectivity index is 1.26. The van der Waals surface area contributed by atoms with Gasteiger partial charge >= 0.3 is 0 Å². The fraction of sp³-hybridized carbons (Fsp3) is 0.333. The number of anilines is 1. The number of para-hydroxylation sites is 1. The van der Waals surface area contributed by atoms with Crippen LogP contribution < -0.4 is 15.0 Å². The quantitative estimate of drug-likeness (QED) is 0.638. The largest absolute Gasteiger partial charge is 0.497 e. The number of aryl methyl sites for hydroxylation is 1. The lowest BCUT2D eigenvalue weighted by Crippen LogP contribution is -2.49. The first-order chi connectivity index (χ1) is 15.1. The number of aromatic nitrogens is 2. The third-order valence-corrected chi connectivity index (χ3v) is 5.58. The van der Waals surface area contributed by atoms with Crippen LogP contribution in [0.15, 0.2) is 60.7 Å². The van der Waals surface area contributed by atoms with E-state index in [2.05, 4.69) is 44.5 Å². The van der Waals surface area contributed by atoms with E-state index in [0.29, 0.717) is 13.1 Å². The first-order valence-electron chi connectivity index (χ1n) is 10.6. The first kappa shape index (κ1) is 20.9. The Labute approximate surface area is 183 Å². The summed E-state index contributed by atoms with van der Waals surface area (Å²) in [5.74, 6) is 0.843. The monoisotopic (exact) mass is 419 g/mol. The number of nitrogens with one attached hydrogen (secondary N) is 1. The highest BCUT2D eigenvalue weighted by Crippen LogP contribution is 2.17. The minimum atomic E-state index is 0.0322. The molecule has 162 valence electrons. The maximum atomic E-state index is 12.5. The Hall–Kier alpha value is -3.32. The zero-order valence-electron chi connectivity index (χ0n) is 18.1. The second kappa shape index (κ2) is 9.66. The zero-order chi connectivity index (χ0) is 21.6. The number of benzene rings is 2. The number of piperazine rings is 1. The van der Waals surface area contributed by atoms with Gasteiger partial charge in [0.1, 0.15) is 5.75 Å². The van der Waals surface area contributed by atoms with E-state index in [1.54, 1.807) is 7.11 Å². The molecule has 1 aliphatic heterocycles. The average molecular weight is 420 g/mol. The number of nitrogens with zero attached hydrogens (tertiary/aromatic N) is 4. The standard InChI is InChI=1S/C24H29N5O2/c1-19-16-20(26-29(19)22-8-10-23(31-2)11-9-22)17-25-24(30)18-27-12-14-28(15-13-27)21-6-4-3-5-7-21/h3-11,16H,12-15,17-18H2,1-2H3,(H,25,30). The van der Waals surface area contributed by atoms with E-state index in [9.17, 15) is 4.79 Å². The van der Waals surface area contributed by atoms with Gasteiger partial charge in [-0.2, -0.15) is 5.10 Å². The van der Waals surface area contributed by atoms with Crippen LogP contribution in [0.3, 0.4) is 0 Å². The lowest BCUT2D eigenvalue weighted by Gasteiger charge is -2.35. The number of hydrogen-bond donors (Lipinski definition) is 1. The second-order valence-corrected chi connectivity index (χ2v) is 7.76. The number of carbonyl (C=O) groups excluding carboxylic acids is 1. The van der Waals surface area contributed by atoms with Gasteiger partial charge in [-0.3, -0.25) is 9.69 Å². The topological polar surface area (TPSA) is 62.6 Å². The van der Waals surface area contributed by atoms with E-state index >= 15 is 0 Å². The van der Waals surface area contributed by atoms with Gasteiger partial charge in [0.15, 0.2) is 0 Å². The van der Waals surface area contributed by atoms with Crippen LogP contribution in [-0.4, -0.2) is 60.4 Å². The van der Waals surface area contributed by atoms with E-state index in [0.717, 1.165) is 49.0 Å². The molecule has 1 amide bonds. The van der Waals surface area contributed by atoms with Gasteiger partial charge in [-0.05, 0) is 49.4 Å². The van der Waals surface area contributed by atoms with E-state index in [1.165, 1.54) is 5.69 Å². The van der Waals surface area contributed by atoms with E-state index in [4.69, 9.17) is 4.74 Å². The molecule has 3 aromatic rings. The lowest BCUT2D eigenvalue weighted by atomic mass is 10.2. The van der Waals surface area contributed by atoms with Crippen LogP contribution in [0.1, 0.15) is 11.4 Å². The molecule has 0 aliphatic carbocycles. The second-order valence-electron chi connectivity index (χ2n) is 7.76. The van der Waals surface area contributed by atoms with Gasteiger partial charge in [0.25, 0.3) is 0 Å². The molecule has 0 spiro atoms. The molecule has 1 aromatic heterocycles. The maximum Gasteiger partial charge on any atom is 0.234 e. The van der Waals surface area contributed by atoms with Crippen LogP contribution in [0, 0.1) is 6.92 Å². The van der Waals surface area contributed by atoms with Crippen molar-refractivity contribution in [3.8, 4) is 11.4 Å². The van der Waals surface area contributed by atoms with Crippen molar-refractivity contribution >= 4 is 11.6 Å². The molecule has 7 heteroatoms. The summed E-state index contributed by atoms with van der Waals surface area (Å²) in [5, 5.41) is 7.65. The normalized spacial score (nSPS) is 14.5. The number of hydrogen-bond acceptors (Lipinski definition) is 5. The molecule has 0 unspecified atom stereocenters. The fourth-order valence-corrected chi connectivity index (χ4v) is 3.86. The molecule has 0 atom stereocenters. The number of carbonyl (C=O) groups is 1. The molecular weight excluding hydrogens is 390 g/mol. The summed E-state index contributed by atoms with van der Waals surface area (Å²) in [7, 11) is 1.65. The predicted octanol–water partition coefficient (Wildman–Crippen LogP) is 2.63. The van der Waals surface area contributed by atoms with Crippen LogP contribution in [0.2, 0.25) is 0 Å². The lowest BCUT2D eigenvalue weighted by molar-refractivity contribution is -0.122. The van der Waals surface area contributed by atoms with Gasteiger partial charge in [0, 0.05) is 37.6 Å².